The molecule has 3 rings (SSSR count). The van der Waals surface area contributed by atoms with Crippen LogP contribution in [0.15, 0.2) is 18.2 Å². The lowest BCUT2D eigenvalue weighted by atomic mass is 9.85. The minimum Gasteiger partial charge on any atom is -0.494 e. The molecule has 1 spiro atoms. The summed E-state index contributed by atoms with van der Waals surface area (Å²) in [4.78, 5) is 29.4. The van der Waals surface area contributed by atoms with Crippen LogP contribution in [0.3, 0.4) is 0 Å². The first-order valence-corrected chi connectivity index (χ1v) is 10.3. The van der Waals surface area contributed by atoms with E-state index in [1.54, 1.807) is 4.90 Å². The fourth-order valence-electron chi connectivity index (χ4n) is 4.66. The van der Waals surface area contributed by atoms with Crippen LogP contribution in [0.5, 0.6) is 5.75 Å². The molecule has 2 aliphatic heterocycles. The SMILES string of the molecule is CCOc1ccc(CCCC(=O)N2CCCC23CCCN(C)C3=O)cc1C. The molecule has 1 aromatic carbocycles. The Labute approximate surface area is 162 Å². The summed E-state index contributed by atoms with van der Waals surface area (Å²) in [5, 5.41) is 0. The molecular formula is C22H32N2O3. The molecule has 2 aliphatic rings. The van der Waals surface area contributed by atoms with Gasteiger partial charge in [-0.15, -0.1) is 0 Å². The summed E-state index contributed by atoms with van der Waals surface area (Å²) in [5.41, 5.74) is 1.81. The zero-order chi connectivity index (χ0) is 19.4. The summed E-state index contributed by atoms with van der Waals surface area (Å²) in [6.07, 6.45) is 5.74. The Morgan fingerprint density at radius 3 is 2.67 bits per heavy atom. The smallest absolute Gasteiger partial charge is 0.248 e. The van der Waals surface area contributed by atoms with Gasteiger partial charge in [0.1, 0.15) is 11.3 Å². The summed E-state index contributed by atoms with van der Waals surface area (Å²) in [6, 6.07) is 6.24. The van der Waals surface area contributed by atoms with Crippen molar-refractivity contribution in [3.63, 3.8) is 0 Å². The second-order valence-electron chi connectivity index (χ2n) is 7.90. The van der Waals surface area contributed by atoms with Crippen LogP contribution in [0.25, 0.3) is 0 Å². The van der Waals surface area contributed by atoms with Crippen LogP contribution in [0.1, 0.15) is 56.6 Å². The molecule has 5 nitrogen and oxygen atoms in total. The number of carbonyl (C=O) groups is 2. The highest BCUT2D eigenvalue weighted by atomic mass is 16.5. The molecular weight excluding hydrogens is 340 g/mol. The number of amides is 2. The molecule has 1 atom stereocenters. The molecule has 0 saturated carbocycles. The number of hydrogen-bond acceptors (Lipinski definition) is 3. The van der Waals surface area contributed by atoms with Gasteiger partial charge >= 0.3 is 0 Å². The van der Waals surface area contributed by atoms with E-state index < -0.39 is 5.54 Å². The maximum Gasteiger partial charge on any atom is 0.248 e. The number of ether oxygens (including phenoxy) is 1. The van der Waals surface area contributed by atoms with Gasteiger partial charge in [0.25, 0.3) is 0 Å². The molecule has 27 heavy (non-hydrogen) atoms. The third-order valence-electron chi connectivity index (χ3n) is 6.01. The molecule has 1 unspecified atom stereocenters. The van der Waals surface area contributed by atoms with Crippen LogP contribution in [0.4, 0.5) is 0 Å². The molecule has 5 heteroatoms. The first-order chi connectivity index (χ1) is 13.0. The zero-order valence-corrected chi connectivity index (χ0v) is 16.9. The number of carbonyl (C=O) groups excluding carboxylic acids is 2. The molecule has 2 amide bonds. The second-order valence-corrected chi connectivity index (χ2v) is 7.90. The normalized spacial score (nSPS) is 22.6. The van der Waals surface area contributed by atoms with Crippen LogP contribution in [-0.4, -0.2) is 53.9 Å². The third-order valence-corrected chi connectivity index (χ3v) is 6.01. The predicted molar refractivity (Wildman–Crippen MR) is 106 cm³/mol. The Balaban J connectivity index is 1.57. The topological polar surface area (TPSA) is 49.9 Å². The molecule has 2 fully saturated rings. The largest absolute Gasteiger partial charge is 0.494 e. The number of likely N-dealkylation sites (tertiary alicyclic amines) is 2. The Morgan fingerprint density at radius 2 is 1.96 bits per heavy atom. The van der Waals surface area contributed by atoms with Gasteiger partial charge in [0.05, 0.1) is 6.61 Å². The fraction of sp³-hybridized carbons (Fsp3) is 0.636. The van der Waals surface area contributed by atoms with Crippen molar-refractivity contribution in [2.45, 2.75) is 64.3 Å². The van der Waals surface area contributed by atoms with E-state index in [9.17, 15) is 9.59 Å². The van der Waals surface area contributed by atoms with Gasteiger partial charge in [-0.05, 0) is 69.6 Å². The van der Waals surface area contributed by atoms with Gasteiger partial charge in [-0.1, -0.05) is 12.1 Å². The number of benzene rings is 1. The van der Waals surface area contributed by atoms with Crippen molar-refractivity contribution in [1.82, 2.24) is 9.80 Å². The lowest BCUT2D eigenvalue weighted by Gasteiger charge is -2.43. The number of rotatable bonds is 6. The van der Waals surface area contributed by atoms with E-state index in [0.717, 1.165) is 62.9 Å². The number of nitrogens with zero attached hydrogens (tertiary/aromatic N) is 2. The Bertz CT molecular complexity index is 703. The van der Waals surface area contributed by atoms with Crippen LogP contribution in [0, 0.1) is 6.92 Å². The molecule has 2 heterocycles. The zero-order valence-electron chi connectivity index (χ0n) is 16.9. The minimum absolute atomic E-state index is 0.138. The van der Waals surface area contributed by atoms with E-state index in [-0.39, 0.29) is 11.8 Å². The van der Waals surface area contributed by atoms with E-state index in [1.807, 2.05) is 24.9 Å². The first-order valence-electron chi connectivity index (χ1n) is 10.3. The summed E-state index contributed by atoms with van der Waals surface area (Å²) in [6.45, 7) is 6.23. The lowest BCUT2D eigenvalue weighted by Crippen LogP contribution is -2.60. The summed E-state index contributed by atoms with van der Waals surface area (Å²) < 4.78 is 5.59. The molecule has 148 valence electrons. The molecule has 1 aromatic rings. The summed E-state index contributed by atoms with van der Waals surface area (Å²) >= 11 is 0. The third kappa shape index (κ3) is 3.97. The van der Waals surface area contributed by atoms with Gasteiger partial charge in [0.2, 0.25) is 11.8 Å². The number of aryl methyl sites for hydroxylation is 2. The Morgan fingerprint density at radius 1 is 1.22 bits per heavy atom. The maximum atomic E-state index is 12.9. The fourth-order valence-corrected chi connectivity index (χ4v) is 4.66. The van der Waals surface area contributed by atoms with Crippen molar-refractivity contribution >= 4 is 11.8 Å². The van der Waals surface area contributed by atoms with Gasteiger partial charge < -0.3 is 14.5 Å². The number of likely N-dealkylation sites (N-methyl/N-ethyl adjacent to an activating group) is 1. The van der Waals surface area contributed by atoms with Gasteiger partial charge in [0, 0.05) is 26.6 Å². The number of hydrogen-bond donors (Lipinski definition) is 0. The van der Waals surface area contributed by atoms with E-state index in [1.165, 1.54) is 5.56 Å². The van der Waals surface area contributed by atoms with Crippen molar-refractivity contribution in [3.05, 3.63) is 29.3 Å². The highest BCUT2D eigenvalue weighted by Gasteiger charge is 2.51. The van der Waals surface area contributed by atoms with E-state index in [0.29, 0.717) is 13.0 Å². The van der Waals surface area contributed by atoms with Crippen LogP contribution >= 0.6 is 0 Å². The van der Waals surface area contributed by atoms with Crippen molar-refractivity contribution in [3.8, 4) is 5.75 Å². The van der Waals surface area contributed by atoms with Crippen LogP contribution < -0.4 is 4.74 Å². The lowest BCUT2D eigenvalue weighted by molar-refractivity contribution is -0.154. The monoisotopic (exact) mass is 372 g/mol. The van der Waals surface area contributed by atoms with Crippen molar-refractivity contribution in [2.75, 3.05) is 26.7 Å². The van der Waals surface area contributed by atoms with E-state index >= 15 is 0 Å². The maximum absolute atomic E-state index is 12.9. The second kappa shape index (κ2) is 8.32. The molecule has 0 N–H and O–H groups in total. The van der Waals surface area contributed by atoms with Crippen molar-refractivity contribution in [1.29, 1.82) is 0 Å². The summed E-state index contributed by atoms with van der Waals surface area (Å²) in [5.74, 6) is 1.21. The average Bonchev–Trinajstić information content (AvgIpc) is 3.06. The molecule has 0 aromatic heterocycles. The molecule has 0 bridgehead atoms. The Kier molecular flexibility index (Phi) is 6.08. The van der Waals surface area contributed by atoms with Crippen molar-refractivity contribution < 1.29 is 14.3 Å². The highest BCUT2D eigenvalue weighted by Crippen LogP contribution is 2.38. The van der Waals surface area contributed by atoms with Gasteiger partial charge in [-0.2, -0.15) is 0 Å². The summed E-state index contributed by atoms with van der Waals surface area (Å²) in [7, 11) is 1.86. The quantitative estimate of drug-likeness (QED) is 0.770. The molecule has 0 aliphatic carbocycles. The van der Waals surface area contributed by atoms with Gasteiger partial charge in [-0.3, -0.25) is 9.59 Å². The Hall–Kier alpha value is -2.04. The van der Waals surface area contributed by atoms with E-state index in [2.05, 4.69) is 19.1 Å². The molecule has 0 radical (unpaired) electrons. The van der Waals surface area contributed by atoms with Crippen LogP contribution in [-0.2, 0) is 16.0 Å². The molecule has 2 saturated heterocycles. The van der Waals surface area contributed by atoms with Crippen molar-refractivity contribution in [2.24, 2.45) is 0 Å². The predicted octanol–water partition coefficient (Wildman–Crippen LogP) is 3.33. The first kappa shape index (κ1) is 19.7. The van der Waals surface area contributed by atoms with Gasteiger partial charge in [-0.25, -0.2) is 0 Å². The average molecular weight is 373 g/mol. The van der Waals surface area contributed by atoms with Crippen LogP contribution in [0.2, 0.25) is 0 Å². The highest BCUT2D eigenvalue weighted by molar-refractivity contribution is 5.92. The number of piperidine rings is 1. The minimum atomic E-state index is -0.556. The standard InChI is InChI=1S/C22H32N2O3/c1-4-27-19-11-10-18(16-17(19)2)8-5-9-20(25)24-15-7-13-22(24)12-6-14-23(3)21(22)26/h10-11,16H,4-9,12-15H2,1-3H3. The van der Waals surface area contributed by atoms with Gasteiger partial charge in [0.15, 0.2) is 0 Å². The van der Waals surface area contributed by atoms with E-state index in [4.69, 9.17) is 4.74 Å².